The van der Waals surface area contributed by atoms with E-state index >= 15 is 0 Å². The van der Waals surface area contributed by atoms with E-state index in [4.69, 9.17) is 0 Å². The van der Waals surface area contributed by atoms with Crippen LogP contribution in [0.3, 0.4) is 0 Å². The molecule has 1 fully saturated rings. The van der Waals surface area contributed by atoms with Crippen LogP contribution >= 0.6 is 0 Å². The van der Waals surface area contributed by atoms with Gasteiger partial charge in [0.15, 0.2) is 5.78 Å². The predicted octanol–water partition coefficient (Wildman–Crippen LogP) is 1.81. The second-order valence-electron chi connectivity index (χ2n) is 7.26. The van der Waals surface area contributed by atoms with Gasteiger partial charge in [0, 0.05) is 29.7 Å². The Morgan fingerprint density at radius 2 is 1.75 bits per heavy atom. The van der Waals surface area contributed by atoms with Crippen LogP contribution in [0.5, 0.6) is 5.75 Å². The van der Waals surface area contributed by atoms with Crippen molar-refractivity contribution in [2.24, 2.45) is 5.92 Å². The van der Waals surface area contributed by atoms with Gasteiger partial charge in [0.05, 0.1) is 11.6 Å². The van der Waals surface area contributed by atoms with E-state index in [1.807, 2.05) is 12.1 Å². The highest BCUT2D eigenvalue weighted by molar-refractivity contribution is 6.22. The number of phenols is 1. The molecule has 3 amide bonds. The number of rotatable bonds is 1. The normalized spacial score (nSPS) is 25.7. The van der Waals surface area contributed by atoms with E-state index in [2.05, 4.69) is 10.6 Å². The number of hydrogen-bond donors (Lipinski definition) is 3. The Hall–Kier alpha value is -3.61. The molecule has 3 atom stereocenters. The number of Topliss-reactive ketones (excluding diaryl/α,β-unsaturated/α-hetero) is 1. The minimum atomic E-state index is -0.707. The van der Waals surface area contributed by atoms with Crippen LogP contribution < -0.4 is 10.6 Å². The summed E-state index contributed by atoms with van der Waals surface area (Å²) in [4.78, 5) is 39.7. The summed E-state index contributed by atoms with van der Waals surface area (Å²) in [6, 6.07) is 13.4. The first kappa shape index (κ1) is 16.6. The summed E-state index contributed by atoms with van der Waals surface area (Å²) in [6.07, 6.45) is -0.605. The first-order valence-corrected chi connectivity index (χ1v) is 8.99. The number of hydrogen-bond acceptors (Lipinski definition) is 5. The average molecular weight is 375 g/mol. The van der Waals surface area contributed by atoms with E-state index in [1.165, 1.54) is 4.90 Å². The smallest absolute Gasteiger partial charge is 0.325 e. The Kier molecular flexibility index (Phi) is 3.37. The molecule has 2 aromatic rings. The van der Waals surface area contributed by atoms with Crippen molar-refractivity contribution in [2.45, 2.75) is 12.1 Å². The number of amides is 3. The Bertz CT molecular complexity index is 1090. The van der Waals surface area contributed by atoms with Crippen LogP contribution in [-0.2, 0) is 4.79 Å². The molecule has 2 aromatic carbocycles. The standard InChI is InChI=1S/C21H17N3O4/c1-24-19-16(20(27)23-21(24)28)14(10-5-4-6-11(25)9-10)15-17(22-19)12-7-2-3-8-13(12)18(15)26/h2-9,14,16,19,22,25H,1H3,(H,23,27,28). The summed E-state index contributed by atoms with van der Waals surface area (Å²) < 4.78 is 0. The summed E-state index contributed by atoms with van der Waals surface area (Å²) >= 11 is 0. The topological polar surface area (TPSA) is 98.7 Å². The monoisotopic (exact) mass is 375 g/mol. The SMILES string of the molecule is CN1C(=O)NC(=O)C2C(c3cccc(O)c3)C3=C(NC21)c1ccccc1C3=O. The molecule has 0 bridgehead atoms. The van der Waals surface area contributed by atoms with Crippen LogP contribution in [0.2, 0.25) is 0 Å². The summed E-state index contributed by atoms with van der Waals surface area (Å²) in [5.74, 6) is -1.83. The van der Waals surface area contributed by atoms with Crippen molar-refractivity contribution >= 4 is 23.4 Å². The van der Waals surface area contributed by atoms with E-state index in [-0.39, 0.29) is 11.5 Å². The number of carbonyl (C=O) groups excluding carboxylic acids is 3. The molecule has 28 heavy (non-hydrogen) atoms. The van der Waals surface area contributed by atoms with Crippen molar-refractivity contribution in [3.8, 4) is 5.75 Å². The number of phenolic OH excluding ortho intramolecular Hbond substituents is 1. The number of aromatic hydroxyl groups is 1. The van der Waals surface area contributed by atoms with Gasteiger partial charge in [-0.05, 0) is 17.7 Å². The Morgan fingerprint density at radius 1 is 1.00 bits per heavy atom. The van der Waals surface area contributed by atoms with Crippen molar-refractivity contribution in [3.63, 3.8) is 0 Å². The largest absolute Gasteiger partial charge is 0.508 e. The zero-order valence-corrected chi connectivity index (χ0v) is 15.0. The third kappa shape index (κ3) is 2.13. The molecule has 2 heterocycles. The van der Waals surface area contributed by atoms with E-state index in [1.54, 1.807) is 43.4 Å². The molecule has 1 aliphatic carbocycles. The maximum absolute atomic E-state index is 13.3. The predicted molar refractivity (Wildman–Crippen MR) is 100 cm³/mol. The van der Waals surface area contributed by atoms with Gasteiger partial charge in [0.1, 0.15) is 11.9 Å². The summed E-state index contributed by atoms with van der Waals surface area (Å²) in [5.41, 5.74) is 3.12. The fourth-order valence-corrected chi connectivity index (χ4v) is 4.48. The highest BCUT2D eigenvalue weighted by Gasteiger charge is 2.53. The molecule has 5 rings (SSSR count). The van der Waals surface area contributed by atoms with Gasteiger partial charge in [-0.1, -0.05) is 36.4 Å². The zero-order chi connectivity index (χ0) is 19.6. The number of carbonyl (C=O) groups is 3. The fraction of sp³-hybridized carbons (Fsp3) is 0.190. The molecule has 140 valence electrons. The first-order valence-electron chi connectivity index (χ1n) is 8.99. The minimum absolute atomic E-state index is 0.0540. The third-order valence-electron chi connectivity index (χ3n) is 5.76. The molecular weight excluding hydrogens is 358 g/mol. The number of nitrogens with one attached hydrogen (secondary N) is 2. The molecule has 2 aliphatic heterocycles. The molecule has 0 saturated carbocycles. The van der Waals surface area contributed by atoms with Gasteiger partial charge in [-0.3, -0.25) is 14.9 Å². The molecule has 0 aromatic heterocycles. The molecule has 1 saturated heterocycles. The van der Waals surface area contributed by atoms with Gasteiger partial charge in [-0.25, -0.2) is 4.79 Å². The lowest BCUT2D eigenvalue weighted by atomic mass is 9.73. The van der Waals surface area contributed by atoms with E-state index in [0.29, 0.717) is 22.4 Å². The van der Waals surface area contributed by atoms with Crippen LogP contribution in [0.15, 0.2) is 54.1 Å². The summed E-state index contributed by atoms with van der Waals surface area (Å²) in [5, 5.41) is 15.6. The molecule has 0 radical (unpaired) electrons. The fourth-order valence-electron chi connectivity index (χ4n) is 4.48. The van der Waals surface area contributed by atoms with Crippen LogP contribution in [0.25, 0.3) is 5.70 Å². The quantitative estimate of drug-likeness (QED) is 0.706. The number of imide groups is 1. The molecule has 0 spiro atoms. The van der Waals surface area contributed by atoms with Gasteiger partial charge >= 0.3 is 6.03 Å². The lowest BCUT2D eigenvalue weighted by Gasteiger charge is -2.45. The van der Waals surface area contributed by atoms with Crippen LogP contribution in [0, 0.1) is 5.92 Å². The van der Waals surface area contributed by atoms with E-state index in [9.17, 15) is 19.5 Å². The second kappa shape index (κ2) is 5.69. The lowest BCUT2D eigenvalue weighted by Crippen LogP contribution is -2.66. The first-order chi connectivity index (χ1) is 13.5. The zero-order valence-electron chi connectivity index (χ0n) is 15.0. The third-order valence-corrected chi connectivity index (χ3v) is 5.76. The summed E-state index contributed by atoms with van der Waals surface area (Å²) in [7, 11) is 1.61. The van der Waals surface area contributed by atoms with Crippen LogP contribution in [0.4, 0.5) is 4.79 Å². The van der Waals surface area contributed by atoms with Gasteiger partial charge in [-0.15, -0.1) is 0 Å². The van der Waals surface area contributed by atoms with Crippen molar-refractivity contribution in [1.82, 2.24) is 15.5 Å². The number of urea groups is 1. The van der Waals surface area contributed by atoms with Gasteiger partial charge in [0.2, 0.25) is 5.91 Å². The number of ketones is 1. The Balaban J connectivity index is 1.76. The number of nitrogens with zero attached hydrogens (tertiary/aromatic N) is 1. The minimum Gasteiger partial charge on any atom is -0.508 e. The van der Waals surface area contributed by atoms with Crippen molar-refractivity contribution in [3.05, 3.63) is 70.8 Å². The lowest BCUT2D eigenvalue weighted by molar-refractivity contribution is -0.129. The highest BCUT2D eigenvalue weighted by atomic mass is 16.3. The Labute approximate surface area is 160 Å². The van der Waals surface area contributed by atoms with E-state index in [0.717, 1.165) is 5.56 Å². The maximum Gasteiger partial charge on any atom is 0.325 e. The number of allylic oxidation sites excluding steroid dienone is 1. The van der Waals surface area contributed by atoms with Crippen LogP contribution in [0.1, 0.15) is 27.4 Å². The van der Waals surface area contributed by atoms with Crippen molar-refractivity contribution in [1.29, 1.82) is 0 Å². The van der Waals surface area contributed by atoms with Crippen LogP contribution in [-0.4, -0.2) is 40.9 Å². The van der Waals surface area contributed by atoms with Crippen molar-refractivity contribution < 1.29 is 19.5 Å². The molecule has 3 N–H and O–H groups in total. The number of fused-ring (bicyclic) bond motifs is 3. The molecule has 7 heteroatoms. The Morgan fingerprint density at radius 3 is 2.50 bits per heavy atom. The average Bonchev–Trinajstić information content (AvgIpc) is 2.97. The molecule has 3 aliphatic rings. The van der Waals surface area contributed by atoms with Gasteiger partial charge in [-0.2, -0.15) is 0 Å². The van der Waals surface area contributed by atoms with E-state index < -0.39 is 29.9 Å². The summed E-state index contributed by atoms with van der Waals surface area (Å²) in [6.45, 7) is 0. The van der Waals surface area contributed by atoms with Crippen molar-refractivity contribution in [2.75, 3.05) is 7.05 Å². The maximum atomic E-state index is 13.3. The molecule has 3 unspecified atom stereocenters. The van der Waals surface area contributed by atoms with Gasteiger partial charge in [0.25, 0.3) is 0 Å². The molecule has 7 nitrogen and oxygen atoms in total. The number of benzene rings is 2. The second-order valence-corrected chi connectivity index (χ2v) is 7.26. The van der Waals surface area contributed by atoms with Gasteiger partial charge < -0.3 is 15.3 Å². The highest BCUT2D eigenvalue weighted by Crippen LogP contribution is 2.48. The molecular formula is C21H17N3O4.